The van der Waals surface area contributed by atoms with E-state index in [1.165, 1.54) is 56.7 Å². The van der Waals surface area contributed by atoms with E-state index in [0.717, 1.165) is 6.26 Å². The number of anilines is 2. The van der Waals surface area contributed by atoms with E-state index in [-0.39, 0.29) is 21.9 Å². The average molecular weight is 429 g/mol. The Bertz CT molecular complexity index is 1070. The fourth-order valence-electron chi connectivity index (χ4n) is 2.21. The molecule has 0 aliphatic carbocycles. The Morgan fingerprint density at radius 3 is 2.14 bits per heavy atom. The van der Waals surface area contributed by atoms with Crippen LogP contribution in [0, 0.1) is 0 Å². The van der Waals surface area contributed by atoms with Crippen molar-refractivity contribution in [2.24, 2.45) is 0 Å². The molecule has 1 amide bonds. The molecule has 0 unspecified atom stereocenters. The lowest BCUT2D eigenvalue weighted by Gasteiger charge is -2.12. The number of sulfonamides is 2. The third kappa shape index (κ3) is 5.66. The summed E-state index contributed by atoms with van der Waals surface area (Å²) >= 11 is 0. The molecule has 2 aromatic carbocycles. The first-order chi connectivity index (χ1) is 13.1. The highest BCUT2D eigenvalue weighted by atomic mass is 32.2. The van der Waals surface area contributed by atoms with Crippen LogP contribution in [0.5, 0.6) is 5.75 Å². The number of nitrogens with one attached hydrogen (secondary N) is 3. The number of benzene rings is 2. The first kappa shape index (κ1) is 21.6. The maximum Gasteiger partial charge on any atom is 0.262 e. The Hall–Kier alpha value is -2.67. The molecular formula is C16H19N3O7S2. The van der Waals surface area contributed by atoms with E-state index in [2.05, 4.69) is 14.9 Å². The van der Waals surface area contributed by atoms with Crippen LogP contribution in [0.15, 0.2) is 47.4 Å². The van der Waals surface area contributed by atoms with Crippen molar-refractivity contribution >= 4 is 37.3 Å². The van der Waals surface area contributed by atoms with Gasteiger partial charge in [0.1, 0.15) is 5.75 Å². The predicted octanol–water partition coefficient (Wildman–Crippen LogP) is 1.16. The molecule has 10 nitrogen and oxygen atoms in total. The predicted molar refractivity (Wildman–Crippen MR) is 103 cm³/mol. The topological polar surface area (TPSA) is 140 Å². The number of amides is 1. The molecule has 0 aromatic heterocycles. The van der Waals surface area contributed by atoms with E-state index in [4.69, 9.17) is 4.74 Å². The van der Waals surface area contributed by atoms with E-state index in [0.29, 0.717) is 5.69 Å². The van der Waals surface area contributed by atoms with Gasteiger partial charge in [-0.3, -0.25) is 14.4 Å². The van der Waals surface area contributed by atoms with Gasteiger partial charge in [-0.2, -0.15) is 0 Å². The molecule has 0 saturated heterocycles. The molecule has 0 fully saturated rings. The van der Waals surface area contributed by atoms with Crippen molar-refractivity contribution in [2.45, 2.75) is 4.90 Å². The molecule has 0 aliphatic rings. The van der Waals surface area contributed by atoms with Crippen molar-refractivity contribution in [2.75, 3.05) is 30.5 Å². The van der Waals surface area contributed by atoms with Crippen molar-refractivity contribution in [1.29, 1.82) is 0 Å². The molecule has 0 spiro atoms. The van der Waals surface area contributed by atoms with E-state index in [1.807, 2.05) is 4.89 Å². The highest BCUT2D eigenvalue weighted by Gasteiger charge is 2.15. The van der Waals surface area contributed by atoms with Gasteiger partial charge in [0, 0.05) is 11.3 Å². The summed E-state index contributed by atoms with van der Waals surface area (Å²) in [6.45, 7) is 0. The first-order valence-electron chi connectivity index (χ1n) is 7.68. The van der Waals surface area contributed by atoms with Crippen LogP contribution in [0.3, 0.4) is 0 Å². The van der Waals surface area contributed by atoms with Crippen molar-refractivity contribution in [3.8, 4) is 5.75 Å². The second-order valence-corrected chi connectivity index (χ2v) is 8.95. The fraction of sp³-hybridized carbons (Fsp3) is 0.188. The SMILES string of the molecule is CONS(=O)(=O)c1ccc(C(=O)Nc2ccc(OC)c(NS(C)(=O)=O)c2)cc1. The van der Waals surface area contributed by atoms with Crippen LogP contribution in [0.25, 0.3) is 0 Å². The number of carbonyl (C=O) groups excluding carboxylic acids is 1. The van der Waals surface area contributed by atoms with Gasteiger partial charge >= 0.3 is 0 Å². The molecule has 0 radical (unpaired) electrons. The van der Waals surface area contributed by atoms with Crippen LogP contribution < -0.4 is 19.7 Å². The number of carbonyl (C=O) groups is 1. The minimum atomic E-state index is -3.83. The van der Waals surface area contributed by atoms with Crippen LogP contribution in [0.4, 0.5) is 11.4 Å². The van der Waals surface area contributed by atoms with Crippen LogP contribution >= 0.6 is 0 Å². The summed E-state index contributed by atoms with van der Waals surface area (Å²) in [5.74, 6) is -0.234. The Kier molecular flexibility index (Phi) is 6.61. The van der Waals surface area contributed by atoms with Gasteiger partial charge in [0.05, 0.1) is 31.1 Å². The molecule has 28 heavy (non-hydrogen) atoms. The Balaban J connectivity index is 2.22. The summed E-state index contributed by atoms with van der Waals surface area (Å²) in [6.07, 6.45) is 0.992. The van der Waals surface area contributed by atoms with Gasteiger partial charge in [-0.1, -0.05) is 4.89 Å². The minimum absolute atomic E-state index is 0.0741. The van der Waals surface area contributed by atoms with Gasteiger partial charge in [0.15, 0.2) is 0 Å². The molecule has 12 heteroatoms. The fourth-order valence-corrected chi connectivity index (χ4v) is 3.58. The van der Waals surface area contributed by atoms with Crippen LogP contribution in [-0.2, 0) is 24.9 Å². The van der Waals surface area contributed by atoms with Crippen LogP contribution in [-0.4, -0.2) is 43.2 Å². The third-order valence-corrected chi connectivity index (χ3v) is 5.24. The number of hydrogen-bond acceptors (Lipinski definition) is 7. The molecule has 0 atom stereocenters. The lowest BCUT2D eigenvalue weighted by Crippen LogP contribution is -2.22. The normalized spacial score (nSPS) is 11.7. The van der Waals surface area contributed by atoms with Gasteiger partial charge in [-0.05, 0) is 42.5 Å². The first-order valence-corrected chi connectivity index (χ1v) is 11.1. The van der Waals surface area contributed by atoms with E-state index >= 15 is 0 Å². The van der Waals surface area contributed by atoms with Crippen LogP contribution in [0.1, 0.15) is 10.4 Å². The van der Waals surface area contributed by atoms with Gasteiger partial charge in [-0.25, -0.2) is 16.8 Å². The number of methoxy groups -OCH3 is 1. The summed E-state index contributed by atoms with van der Waals surface area (Å²) in [7, 11) is -4.82. The number of hydrogen-bond donors (Lipinski definition) is 3. The maximum atomic E-state index is 12.4. The van der Waals surface area contributed by atoms with Crippen molar-refractivity contribution in [1.82, 2.24) is 4.89 Å². The zero-order valence-corrected chi connectivity index (χ0v) is 16.8. The van der Waals surface area contributed by atoms with E-state index in [9.17, 15) is 21.6 Å². The molecule has 2 rings (SSSR count). The zero-order valence-electron chi connectivity index (χ0n) is 15.2. The third-order valence-electron chi connectivity index (χ3n) is 3.37. The summed E-state index contributed by atoms with van der Waals surface area (Å²) in [5.41, 5.74) is 0.675. The van der Waals surface area contributed by atoms with Crippen LogP contribution in [0.2, 0.25) is 0 Å². The minimum Gasteiger partial charge on any atom is -0.495 e. The second kappa shape index (κ2) is 8.56. The lowest BCUT2D eigenvalue weighted by atomic mass is 10.2. The summed E-state index contributed by atoms with van der Waals surface area (Å²) in [5, 5.41) is 2.60. The highest BCUT2D eigenvalue weighted by molar-refractivity contribution is 7.92. The molecule has 0 saturated carbocycles. The largest absolute Gasteiger partial charge is 0.495 e. The van der Waals surface area contributed by atoms with Gasteiger partial charge in [0.25, 0.3) is 15.9 Å². The maximum absolute atomic E-state index is 12.4. The Morgan fingerprint density at radius 1 is 0.964 bits per heavy atom. The standard InChI is InChI=1S/C16H19N3O7S2/c1-25-15-9-6-12(10-14(15)18-27(3,21)22)17-16(20)11-4-7-13(8-5-11)28(23,24)19-26-2/h4-10,18-19H,1-3H3,(H,17,20). The van der Waals surface area contributed by atoms with E-state index in [1.54, 1.807) is 0 Å². The smallest absolute Gasteiger partial charge is 0.262 e. The summed E-state index contributed by atoms with van der Waals surface area (Å²) in [4.78, 5) is 18.6. The quantitative estimate of drug-likeness (QED) is 0.535. The molecule has 3 N–H and O–H groups in total. The summed E-state index contributed by atoms with van der Waals surface area (Å²) in [6, 6.07) is 9.60. The van der Waals surface area contributed by atoms with Crippen molar-refractivity contribution < 1.29 is 31.2 Å². The molecule has 0 bridgehead atoms. The molecule has 0 aliphatic heterocycles. The molecular weight excluding hydrogens is 410 g/mol. The van der Waals surface area contributed by atoms with Crippen molar-refractivity contribution in [3.63, 3.8) is 0 Å². The Morgan fingerprint density at radius 2 is 1.61 bits per heavy atom. The van der Waals surface area contributed by atoms with Gasteiger partial charge in [0.2, 0.25) is 10.0 Å². The highest BCUT2D eigenvalue weighted by Crippen LogP contribution is 2.28. The molecule has 2 aromatic rings. The Labute approximate surface area is 162 Å². The van der Waals surface area contributed by atoms with Gasteiger partial charge < -0.3 is 10.1 Å². The number of rotatable bonds is 8. The number of ether oxygens (including phenoxy) is 1. The van der Waals surface area contributed by atoms with Crippen molar-refractivity contribution in [3.05, 3.63) is 48.0 Å². The monoisotopic (exact) mass is 429 g/mol. The average Bonchev–Trinajstić information content (AvgIpc) is 2.60. The lowest BCUT2D eigenvalue weighted by molar-refractivity contribution is 0.102. The molecule has 152 valence electrons. The second-order valence-electron chi connectivity index (χ2n) is 5.56. The molecule has 0 heterocycles. The van der Waals surface area contributed by atoms with Gasteiger partial charge in [-0.15, -0.1) is 0 Å². The summed E-state index contributed by atoms with van der Waals surface area (Å²) < 4.78 is 53.9. The van der Waals surface area contributed by atoms with E-state index < -0.39 is 26.0 Å². The zero-order chi connectivity index (χ0) is 20.9.